The van der Waals surface area contributed by atoms with Crippen LogP contribution in [0.5, 0.6) is 0 Å². The molecule has 3 aliphatic rings. The summed E-state index contributed by atoms with van der Waals surface area (Å²) in [6.45, 7) is 2.82. The summed E-state index contributed by atoms with van der Waals surface area (Å²) in [5.74, 6) is 1.40. The van der Waals surface area contributed by atoms with E-state index in [2.05, 4.69) is 45.5 Å². The third-order valence-corrected chi connectivity index (χ3v) is 7.08. The number of piperidine rings is 3. The number of aryl methyl sites for hydroxylation is 1. The Morgan fingerprint density at radius 2 is 2.32 bits per heavy atom. The van der Waals surface area contributed by atoms with Gasteiger partial charge < -0.3 is 9.73 Å². The zero-order chi connectivity index (χ0) is 19.1. The van der Waals surface area contributed by atoms with Crippen molar-refractivity contribution in [3.05, 3.63) is 53.4 Å². The number of nitrogens with one attached hydrogen (secondary N) is 1. The van der Waals surface area contributed by atoms with Crippen LogP contribution < -0.4 is 5.32 Å². The van der Waals surface area contributed by atoms with Crippen LogP contribution in [0.3, 0.4) is 0 Å². The molecule has 0 saturated carbocycles. The molecule has 146 valence electrons. The Bertz CT molecular complexity index is 947. The van der Waals surface area contributed by atoms with Crippen LogP contribution >= 0.6 is 11.3 Å². The van der Waals surface area contributed by atoms with Gasteiger partial charge in [-0.05, 0) is 54.9 Å². The van der Waals surface area contributed by atoms with E-state index in [-0.39, 0.29) is 5.91 Å². The van der Waals surface area contributed by atoms with Gasteiger partial charge in [0.25, 0.3) is 5.91 Å². The van der Waals surface area contributed by atoms with Gasteiger partial charge in [-0.3, -0.25) is 14.4 Å². The second-order valence-corrected chi connectivity index (χ2v) is 8.73. The number of amides is 1. The highest BCUT2D eigenvalue weighted by molar-refractivity contribution is 7.13. The molecule has 6 rings (SSSR count). The molecule has 7 heteroatoms. The standard InChI is InChI=1S/C21H24N4O2S/c1-24-18(11-17(23-24)20-5-3-9-28-20)16-13-25-7-6-14(16)10-15(25)12-22-21(26)19-4-2-8-27-19/h2-5,8-9,11,14-16H,6-7,10,12-13H2,1H3,(H,22,26). The van der Waals surface area contributed by atoms with E-state index in [0.717, 1.165) is 25.2 Å². The van der Waals surface area contributed by atoms with Crippen LogP contribution in [0.2, 0.25) is 0 Å². The highest BCUT2D eigenvalue weighted by Gasteiger charge is 2.41. The van der Waals surface area contributed by atoms with Crippen LogP contribution in [0.25, 0.3) is 10.6 Å². The van der Waals surface area contributed by atoms with Crippen molar-refractivity contribution in [3.63, 3.8) is 0 Å². The number of furan rings is 1. The van der Waals surface area contributed by atoms with Crippen molar-refractivity contribution in [2.24, 2.45) is 13.0 Å². The fourth-order valence-corrected chi connectivity index (χ4v) is 5.45. The van der Waals surface area contributed by atoms with Crippen molar-refractivity contribution in [2.75, 3.05) is 19.6 Å². The average Bonchev–Trinajstić information content (AvgIpc) is 3.47. The summed E-state index contributed by atoms with van der Waals surface area (Å²) in [5.41, 5.74) is 2.40. The predicted octanol–water partition coefficient (Wildman–Crippen LogP) is 3.35. The van der Waals surface area contributed by atoms with E-state index in [1.165, 1.54) is 23.3 Å². The fraction of sp³-hybridized carbons (Fsp3) is 0.429. The number of fused-ring (bicyclic) bond motifs is 3. The second-order valence-electron chi connectivity index (χ2n) is 7.78. The van der Waals surface area contributed by atoms with E-state index in [4.69, 9.17) is 9.52 Å². The number of hydrogen-bond donors (Lipinski definition) is 1. The van der Waals surface area contributed by atoms with Crippen molar-refractivity contribution in [1.29, 1.82) is 0 Å². The molecule has 0 spiro atoms. The molecule has 4 atom stereocenters. The molecular formula is C21H24N4O2S. The van der Waals surface area contributed by atoms with Crippen LogP contribution in [0.4, 0.5) is 0 Å². The maximum absolute atomic E-state index is 12.2. The van der Waals surface area contributed by atoms with E-state index in [1.807, 2.05) is 0 Å². The summed E-state index contributed by atoms with van der Waals surface area (Å²) in [6.07, 6.45) is 3.86. The maximum Gasteiger partial charge on any atom is 0.287 e. The van der Waals surface area contributed by atoms with Crippen LogP contribution in [-0.2, 0) is 7.05 Å². The Morgan fingerprint density at radius 3 is 3.04 bits per heavy atom. The monoisotopic (exact) mass is 396 g/mol. The number of nitrogens with zero attached hydrogens (tertiary/aromatic N) is 3. The normalized spacial score (nSPS) is 26.5. The third-order valence-electron chi connectivity index (χ3n) is 6.19. The Hall–Kier alpha value is -2.38. The first kappa shape index (κ1) is 17.7. The van der Waals surface area contributed by atoms with E-state index in [1.54, 1.807) is 23.5 Å². The summed E-state index contributed by atoms with van der Waals surface area (Å²) in [4.78, 5) is 15.9. The second kappa shape index (κ2) is 7.22. The van der Waals surface area contributed by atoms with Gasteiger partial charge in [0.1, 0.15) is 5.69 Å². The van der Waals surface area contributed by atoms with E-state index in [9.17, 15) is 4.79 Å². The zero-order valence-electron chi connectivity index (χ0n) is 15.9. The molecule has 3 fully saturated rings. The minimum absolute atomic E-state index is 0.128. The topological polar surface area (TPSA) is 63.3 Å². The predicted molar refractivity (Wildman–Crippen MR) is 108 cm³/mol. The summed E-state index contributed by atoms with van der Waals surface area (Å²) < 4.78 is 7.25. The molecule has 0 aromatic carbocycles. The number of carbonyl (C=O) groups is 1. The molecule has 6 heterocycles. The molecule has 1 N–H and O–H groups in total. The Balaban J connectivity index is 1.27. The highest BCUT2D eigenvalue weighted by Crippen LogP contribution is 2.42. The quantitative estimate of drug-likeness (QED) is 0.718. The summed E-state index contributed by atoms with van der Waals surface area (Å²) >= 11 is 1.73. The maximum atomic E-state index is 12.2. The summed E-state index contributed by atoms with van der Waals surface area (Å²) in [6, 6.07) is 10.3. The van der Waals surface area contributed by atoms with Gasteiger partial charge in [0.2, 0.25) is 0 Å². The van der Waals surface area contributed by atoms with Gasteiger partial charge in [-0.1, -0.05) is 6.07 Å². The van der Waals surface area contributed by atoms with Crippen molar-refractivity contribution in [3.8, 4) is 10.6 Å². The molecule has 0 radical (unpaired) electrons. The molecule has 3 aliphatic heterocycles. The first-order valence-corrected chi connectivity index (χ1v) is 10.7. The Labute approximate surface area is 168 Å². The molecule has 1 amide bonds. The largest absolute Gasteiger partial charge is 0.459 e. The van der Waals surface area contributed by atoms with Crippen LogP contribution in [0, 0.1) is 5.92 Å². The SMILES string of the molecule is Cn1nc(-c2cccs2)cc1C1CN2CCC1CC2CNC(=O)c1ccco1. The minimum atomic E-state index is -0.128. The lowest BCUT2D eigenvalue weighted by molar-refractivity contribution is 0.0278. The summed E-state index contributed by atoms with van der Waals surface area (Å²) in [7, 11) is 2.06. The number of rotatable bonds is 5. The van der Waals surface area contributed by atoms with Gasteiger partial charge >= 0.3 is 0 Å². The lowest BCUT2D eigenvalue weighted by Gasteiger charge is -2.49. The molecule has 3 aromatic heterocycles. The molecule has 3 aromatic rings. The van der Waals surface area contributed by atoms with Crippen LogP contribution in [-0.4, -0.2) is 46.3 Å². The summed E-state index contributed by atoms with van der Waals surface area (Å²) in [5, 5.41) is 9.89. The smallest absolute Gasteiger partial charge is 0.287 e. The van der Waals surface area contributed by atoms with Gasteiger partial charge in [0.15, 0.2) is 5.76 Å². The van der Waals surface area contributed by atoms with Crippen molar-refractivity contribution < 1.29 is 9.21 Å². The third kappa shape index (κ3) is 3.18. The first-order valence-electron chi connectivity index (χ1n) is 9.82. The first-order chi connectivity index (χ1) is 13.7. The molecular weight excluding hydrogens is 372 g/mol. The molecule has 6 nitrogen and oxygen atoms in total. The lowest BCUT2D eigenvalue weighted by atomic mass is 9.74. The van der Waals surface area contributed by atoms with Crippen LogP contribution in [0.15, 0.2) is 46.4 Å². The number of hydrogen-bond acceptors (Lipinski definition) is 5. The van der Waals surface area contributed by atoms with Crippen molar-refractivity contribution in [2.45, 2.75) is 24.8 Å². The Kier molecular flexibility index (Phi) is 4.56. The minimum Gasteiger partial charge on any atom is -0.459 e. The average molecular weight is 397 g/mol. The van der Waals surface area contributed by atoms with E-state index >= 15 is 0 Å². The van der Waals surface area contributed by atoms with Crippen molar-refractivity contribution in [1.82, 2.24) is 20.0 Å². The van der Waals surface area contributed by atoms with Crippen LogP contribution in [0.1, 0.15) is 35.0 Å². The van der Waals surface area contributed by atoms with Gasteiger partial charge in [-0.25, -0.2) is 0 Å². The molecule has 2 bridgehead atoms. The molecule has 3 saturated heterocycles. The molecule has 4 unspecified atom stereocenters. The van der Waals surface area contributed by atoms with Gasteiger partial charge in [0.05, 0.1) is 11.1 Å². The number of carbonyl (C=O) groups excluding carboxylic acids is 1. The van der Waals surface area contributed by atoms with Gasteiger partial charge in [-0.15, -0.1) is 11.3 Å². The molecule has 28 heavy (non-hydrogen) atoms. The Morgan fingerprint density at radius 1 is 1.39 bits per heavy atom. The van der Waals surface area contributed by atoms with Crippen molar-refractivity contribution >= 4 is 17.2 Å². The van der Waals surface area contributed by atoms with E-state index < -0.39 is 0 Å². The zero-order valence-corrected chi connectivity index (χ0v) is 16.7. The van der Waals surface area contributed by atoms with Gasteiger partial charge in [-0.2, -0.15) is 5.10 Å². The highest BCUT2D eigenvalue weighted by atomic mass is 32.1. The molecule has 0 aliphatic carbocycles. The number of thiophene rings is 1. The van der Waals surface area contributed by atoms with E-state index in [0.29, 0.717) is 30.2 Å². The lowest BCUT2D eigenvalue weighted by Crippen LogP contribution is -2.56. The number of aromatic nitrogens is 2. The fourth-order valence-electron chi connectivity index (χ4n) is 4.76. The van der Waals surface area contributed by atoms with Gasteiger partial charge in [0, 0.05) is 37.8 Å².